The second-order valence-corrected chi connectivity index (χ2v) is 8.31. The van der Waals surface area contributed by atoms with Crippen LogP contribution in [-0.4, -0.2) is 11.6 Å². The number of hydrogen-bond donors (Lipinski definition) is 0. The Morgan fingerprint density at radius 2 is 1.69 bits per heavy atom. The molecule has 29 heavy (non-hydrogen) atoms. The Balaban J connectivity index is 1.51. The van der Waals surface area contributed by atoms with Gasteiger partial charge in [0.25, 0.3) is 0 Å². The van der Waals surface area contributed by atoms with E-state index in [1.54, 1.807) is 6.20 Å². The van der Waals surface area contributed by atoms with Crippen LogP contribution in [-0.2, 0) is 0 Å². The maximum Gasteiger partial charge on any atom is 0.137 e. The zero-order valence-corrected chi connectivity index (χ0v) is 18.1. The van der Waals surface area contributed by atoms with Crippen molar-refractivity contribution in [2.75, 3.05) is 6.61 Å². The summed E-state index contributed by atoms with van der Waals surface area (Å²) in [5.74, 6) is 8.92. The van der Waals surface area contributed by atoms with E-state index < -0.39 is 0 Å². The Morgan fingerprint density at radius 3 is 2.34 bits per heavy atom. The summed E-state index contributed by atoms with van der Waals surface area (Å²) in [6.07, 6.45) is 13.5. The van der Waals surface area contributed by atoms with E-state index in [1.165, 1.54) is 56.9 Å². The highest BCUT2D eigenvalue weighted by Gasteiger charge is 2.21. The molecule has 0 amide bonds. The van der Waals surface area contributed by atoms with E-state index in [2.05, 4.69) is 54.9 Å². The summed E-state index contributed by atoms with van der Waals surface area (Å²) >= 11 is 0. The van der Waals surface area contributed by atoms with Crippen molar-refractivity contribution in [2.24, 2.45) is 5.92 Å². The average Bonchev–Trinajstić information content (AvgIpc) is 2.77. The van der Waals surface area contributed by atoms with Crippen LogP contribution < -0.4 is 4.74 Å². The summed E-state index contributed by atoms with van der Waals surface area (Å²) in [6, 6.07) is 12.8. The summed E-state index contributed by atoms with van der Waals surface area (Å²) in [5.41, 5.74) is 3.31. The molecule has 3 rings (SSSR count). The third kappa shape index (κ3) is 6.93. The van der Waals surface area contributed by atoms with Crippen molar-refractivity contribution in [3.8, 4) is 17.6 Å². The molecule has 0 N–H and O–H groups in total. The van der Waals surface area contributed by atoms with Crippen LogP contribution in [0, 0.1) is 17.8 Å². The first-order valence-corrected chi connectivity index (χ1v) is 11.5. The molecule has 1 saturated carbocycles. The fourth-order valence-electron chi connectivity index (χ4n) is 4.25. The van der Waals surface area contributed by atoms with Crippen LogP contribution in [0.2, 0.25) is 0 Å². The Kier molecular flexibility index (Phi) is 8.62. The van der Waals surface area contributed by atoms with E-state index in [1.807, 2.05) is 12.1 Å². The fraction of sp³-hybridized carbons (Fsp3) is 0.519. The monoisotopic (exact) mass is 389 g/mol. The van der Waals surface area contributed by atoms with E-state index in [4.69, 9.17) is 4.74 Å². The smallest absolute Gasteiger partial charge is 0.137 e. The molecule has 0 atom stereocenters. The maximum absolute atomic E-state index is 5.71. The number of unbranched alkanes of at least 4 members (excludes halogenated alkanes) is 2. The molecule has 2 heteroatoms. The number of aromatic nitrogens is 1. The second kappa shape index (κ2) is 11.7. The zero-order chi connectivity index (χ0) is 20.3. The van der Waals surface area contributed by atoms with Gasteiger partial charge in [-0.1, -0.05) is 57.6 Å². The molecule has 1 aliphatic carbocycles. The highest BCUT2D eigenvalue weighted by molar-refractivity contribution is 5.42. The number of rotatable bonds is 8. The van der Waals surface area contributed by atoms with Crippen LogP contribution in [0.15, 0.2) is 42.6 Å². The van der Waals surface area contributed by atoms with Gasteiger partial charge in [-0.2, -0.15) is 0 Å². The molecule has 1 aromatic heterocycles. The minimum Gasteiger partial charge on any atom is -0.492 e. The van der Waals surface area contributed by atoms with Crippen molar-refractivity contribution >= 4 is 0 Å². The van der Waals surface area contributed by atoms with E-state index >= 15 is 0 Å². The minimum absolute atomic E-state index is 0.733. The summed E-state index contributed by atoms with van der Waals surface area (Å²) in [7, 11) is 0. The molecule has 154 valence electrons. The number of hydrogen-bond acceptors (Lipinski definition) is 2. The van der Waals surface area contributed by atoms with Gasteiger partial charge in [0.05, 0.1) is 12.8 Å². The standard InChI is InChI=1S/C27H35NO/c1-3-5-6-20-29-27-19-18-26(28-21-27)17-12-23-10-15-25(16-11-23)24-13-8-22(7-4-2)9-14-24/h10-11,15-16,18-19,21-22,24H,3-9,13-14,20H2,1-2H3. The SMILES string of the molecule is CCCCCOc1ccc(C#Cc2ccc(C3CCC(CCC)CC3)cc2)nc1. The number of pyridine rings is 1. The Labute approximate surface area is 177 Å². The first-order chi connectivity index (χ1) is 14.3. The fourth-order valence-corrected chi connectivity index (χ4v) is 4.25. The van der Waals surface area contributed by atoms with E-state index in [0.717, 1.165) is 41.9 Å². The zero-order valence-electron chi connectivity index (χ0n) is 18.1. The first-order valence-electron chi connectivity index (χ1n) is 11.5. The lowest BCUT2D eigenvalue weighted by Gasteiger charge is -2.28. The van der Waals surface area contributed by atoms with Crippen molar-refractivity contribution in [3.05, 3.63) is 59.4 Å². The first kappa shape index (κ1) is 21.4. The van der Waals surface area contributed by atoms with E-state index in [-0.39, 0.29) is 0 Å². The quantitative estimate of drug-likeness (QED) is 0.354. The Morgan fingerprint density at radius 1 is 0.897 bits per heavy atom. The molecular weight excluding hydrogens is 354 g/mol. The predicted octanol–water partition coefficient (Wildman–Crippen LogP) is 7.12. The summed E-state index contributed by atoms with van der Waals surface area (Å²) in [6.45, 7) is 5.26. The van der Waals surface area contributed by atoms with Gasteiger partial charge in [0.1, 0.15) is 11.4 Å². The molecule has 0 aliphatic heterocycles. The lowest BCUT2D eigenvalue weighted by Crippen LogP contribution is -2.13. The van der Waals surface area contributed by atoms with Gasteiger partial charge in [0, 0.05) is 5.56 Å². The summed E-state index contributed by atoms with van der Waals surface area (Å²) in [5, 5.41) is 0. The number of ether oxygens (including phenoxy) is 1. The van der Waals surface area contributed by atoms with Gasteiger partial charge in [0.2, 0.25) is 0 Å². The van der Waals surface area contributed by atoms with Crippen molar-refractivity contribution in [1.82, 2.24) is 4.98 Å². The highest BCUT2D eigenvalue weighted by atomic mass is 16.5. The van der Waals surface area contributed by atoms with Crippen molar-refractivity contribution in [1.29, 1.82) is 0 Å². The minimum atomic E-state index is 0.733. The van der Waals surface area contributed by atoms with Gasteiger partial charge in [-0.3, -0.25) is 0 Å². The van der Waals surface area contributed by atoms with Crippen LogP contribution in [0.3, 0.4) is 0 Å². The average molecular weight is 390 g/mol. The Bertz CT molecular complexity index is 774. The molecule has 2 aromatic rings. The number of benzene rings is 1. The van der Waals surface area contributed by atoms with Gasteiger partial charge < -0.3 is 4.74 Å². The van der Waals surface area contributed by atoms with E-state index in [9.17, 15) is 0 Å². The topological polar surface area (TPSA) is 22.1 Å². The normalized spacial score (nSPS) is 18.7. The van der Waals surface area contributed by atoms with Crippen LogP contribution in [0.4, 0.5) is 0 Å². The van der Waals surface area contributed by atoms with Crippen molar-refractivity contribution < 1.29 is 4.74 Å². The third-order valence-electron chi connectivity index (χ3n) is 6.01. The predicted molar refractivity (Wildman–Crippen MR) is 121 cm³/mol. The van der Waals surface area contributed by atoms with Crippen molar-refractivity contribution in [2.45, 2.75) is 77.6 Å². The molecule has 0 unspecified atom stereocenters. The molecule has 1 fully saturated rings. The summed E-state index contributed by atoms with van der Waals surface area (Å²) < 4.78 is 5.71. The molecule has 1 aliphatic rings. The van der Waals surface area contributed by atoms with Crippen LogP contribution in [0.25, 0.3) is 0 Å². The van der Waals surface area contributed by atoms with Gasteiger partial charge in [0.15, 0.2) is 0 Å². The Hall–Kier alpha value is -2.27. The van der Waals surface area contributed by atoms with Gasteiger partial charge in [-0.15, -0.1) is 0 Å². The molecule has 0 spiro atoms. The molecule has 0 bridgehead atoms. The number of nitrogens with zero attached hydrogens (tertiary/aromatic N) is 1. The second-order valence-electron chi connectivity index (χ2n) is 8.31. The molecule has 1 aromatic carbocycles. The molecule has 1 heterocycles. The van der Waals surface area contributed by atoms with Gasteiger partial charge in [-0.05, 0) is 79.7 Å². The van der Waals surface area contributed by atoms with Crippen LogP contribution >= 0.6 is 0 Å². The van der Waals surface area contributed by atoms with Gasteiger partial charge >= 0.3 is 0 Å². The highest BCUT2D eigenvalue weighted by Crippen LogP contribution is 2.37. The van der Waals surface area contributed by atoms with Crippen molar-refractivity contribution in [3.63, 3.8) is 0 Å². The van der Waals surface area contributed by atoms with Crippen LogP contribution in [0.1, 0.15) is 94.4 Å². The lowest BCUT2D eigenvalue weighted by molar-refractivity contribution is 0.305. The third-order valence-corrected chi connectivity index (χ3v) is 6.01. The van der Waals surface area contributed by atoms with Gasteiger partial charge in [-0.25, -0.2) is 4.98 Å². The summed E-state index contributed by atoms with van der Waals surface area (Å²) in [4.78, 5) is 4.41. The molecular formula is C27H35NO. The largest absolute Gasteiger partial charge is 0.492 e. The lowest BCUT2D eigenvalue weighted by atomic mass is 9.77. The van der Waals surface area contributed by atoms with E-state index in [0.29, 0.717) is 0 Å². The maximum atomic E-state index is 5.71. The molecule has 2 nitrogen and oxygen atoms in total. The van der Waals surface area contributed by atoms with Crippen LogP contribution in [0.5, 0.6) is 5.75 Å². The molecule has 0 radical (unpaired) electrons. The molecule has 0 saturated heterocycles.